The summed E-state index contributed by atoms with van der Waals surface area (Å²) < 4.78 is 6.64. The van der Waals surface area contributed by atoms with Gasteiger partial charge in [0.05, 0.1) is 6.04 Å². The highest BCUT2D eigenvalue weighted by Gasteiger charge is 2.32. The maximum atomic E-state index is 5.45. The number of benzene rings is 1. The minimum atomic E-state index is 0.161. The lowest BCUT2D eigenvalue weighted by molar-refractivity contribution is 0.174. The van der Waals surface area contributed by atoms with Gasteiger partial charge < -0.3 is 4.52 Å². The SMILES string of the molecule is CC(c1nc(C2CC2)no1)N1Cc2cccc(Br)c2C1. The second-order valence-corrected chi connectivity index (χ2v) is 6.58. The van der Waals surface area contributed by atoms with Gasteiger partial charge in [0.1, 0.15) is 0 Å². The maximum absolute atomic E-state index is 5.45. The van der Waals surface area contributed by atoms with E-state index in [9.17, 15) is 0 Å². The van der Waals surface area contributed by atoms with Crippen LogP contribution >= 0.6 is 15.9 Å². The number of aromatic nitrogens is 2. The molecular formula is C15H16BrN3O. The summed E-state index contributed by atoms with van der Waals surface area (Å²) in [5, 5.41) is 4.12. The van der Waals surface area contributed by atoms with Crippen molar-refractivity contribution in [2.75, 3.05) is 0 Å². The van der Waals surface area contributed by atoms with Crippen molar-refractivity contribution in [1.29, 1.82) is 0 Å². The predicted octanol–water partition coefficient (Wildman–Crippen LogP) is 3.79. The van der Waals surface area contributed by atoms with Gasteiger partial charge in [-0.1, -0.05) is 33.2 Å². The lowest BCUT2D eigenvalue weighted by Crippen LogP contribution is -2.21. The Bertz CT molecular complexity index is 650. The minimum absolute atomic E-state index is 0.161. The summed E-state index contributed by atoms with van der Waals surface area (Å²) in [4.78, 5) is 6.95. The summed E-state index contributed by atoms with van der Waals surface area (Å²) in [6.45, 7) is 4.01. The van der Waals surface area contributed by atoms with Gasteiger partial charge in [0.2, 0.25) is 5.89 Å². The molecule has 1 fully saturated rings. The van der Waals surface area contributed by atoms with Gasteiger partial charge in [-0.2, -0.15) is 4.98 Å². The number of fused-ring (bicyclic) bond motifs is 1. The third kappa shape index (κ3) is 2.09. The van der Waals surface area contributed by atoms with Gasteiger partial charge >= 0.3 is 0 Å². The fourth-order valence-electron chi connectivity index (χ4n) is 2.76. The molecule has 1 aromatic carbocycles. The molecule has 1 aliphatic heterocycles. The van der Waals surface area contributed by atoms with Crippen LogP contribution in [0.15, 0.2) is 27.2 Å². The summed E-state index contributed by atoms with van der Waals surface area (Å²) >= 11 is 3.63. The van der Waals surface area contributed by atoms with Crippen molar-refractivity contribution >= 4 is 15.9 Å². The van der Waals surface area contributed by atoms with Gasteiger partial charge in [-0.25, -0.2) is 0 Å². The Kier molecular flexibility index (Phi) is 2.93. The van der Waals surface area contributed by atoms with Crippen LogP contribution in [0, 0.1) is 0 Å². The molecule has 0 radical (unpaired) electrons. The van der Waals surface area contributed by atoms with Crippen LogP contribution in [-0.2, 0) is 13.1 Å². The Morgan fingerprint density at radius 3 is 2.95 bits per heavy atom. The van der Waals surface area contributed by atoms with Crippen molar-refractivity contribution in [1.82, 2.24) is 15.0 Å². The predicted molar refractivity (Wildman–Crippen MR) is 78.1 cm³/mol. The van der Waals surface area contributed by atoms with E-state index in [1.807, 2.05) is 0 Å². The van der Waals surface area contributed by atoms with Gasteiger partial charge in [-0.15, -0.1) is 0 Å². The van der Waals surface area contributed by atoms with Crippen LogP contribution < -0.4 is 0 Å². The minimum Gasteiger partial charge on any atom is -0.338 e. The molecule has 2 aliphatic rings. The van der Waals surface area contributed by atoms with E-state index >= 15 is 0 Å². The Balaban J connectivity index is 1.55. The molecule has 1 unspecified atom stereocenters. The van der Waals surface area contributed by atoms with E-state index < -0.39 is 0 Å². The fraction of sp³-hybridized carbons (Fsp3) is 0.467. The summed E-state index contributed by atoms with van der Waals surface area (Å²) in [7, 11) is 0. The molecule has 20 heavy (non-hydrogen) atoms. The Labute approximate surface area is 126 Å². The third-order valence-corrected chi connectivity index (χ3v) is 5.00. The molecule has 1 saturated carbocycles. The zero-order valence-corrected chi connectivity index (χ0v) is 12.9. The fourth-order valence-corrected chi connectivity index (χ4v) is 3.29. The average Bonchev–Trinajstić information content (AvgIpc) is 3.03. The molecular weight excluding hydrogens is 318 g/mol. The lowest BCUT2D eigenvalue weighted by Gasteiger charge is -2.20. The molecule has 0 saturated heterocycles. The molecule has 4 rings (SSSR count). The van der Waals surface area contributed by atoms with Crippen molar-refractivity contribution in [2.45, 2.75) is 44.8 Å². The molecule has 104 valence electrons. The van der Waals surface area contributed by atoms with Crippen LogP contribution in [0.3, 0.4) is 0 Å². The molecule has 0 amide bonds. The molecule has 0 bridgehead atoms. The number of hydrogen-bond acceptors (Lipinski definition) is 4. The smallest absolute Gasteiger partial charge is 0.243 e. The van der Waals surface area contributed by atoms with Gasteiger partial charge in [-0.3, -0.25) is 4.90 Å². The second kappa shape index (κ2) is 4.67. The van der Waals surface area contributed by atoms with E-state index in [-0.39, 0.29) is 6.04 Å². The first kappa shape index (κ1) is 12.5. The zero-order valence-electron chi connectivity index (χ0n) is 11.3. The highest BCUT2D eigenvalue weighted by Crippen LogP contribution is 2.39. The van der Waals surface area contributed by atoms with Gasteiger partial charge in [0.15, 0.2) is 5.82 Å². The Hall–Kier alpha value is -1.20. The van der Waals surface area contributed by atoms with Crippen LogP contribution in [0.25, 0.3) is 0 Å². The van der Waals surface area contributed by atoms with Crippen LogP contribution in [0.1, 0.15) is 54.6 Å². The van der Waals surface area contributed by atoms with Crippen LogP contribution in [0.2, 0.25) is 0 Å². The Morgan fingerprint density at radius 2 is 2.20 bits per heavy atom. The molecule has 0 N–H and O–H groups in total. The first-order valence-electron chi connectivity index (χ1n) is 7.06. The third-order valence-electron chi connectivity index (χ3n) is 4.26. The van der Waals surface area contributed by atoms with Crippen LogP contribution in [0.4, 0.5) is 0 Å². The quantitative estimate of drug-likeness (QED) is 0.857. The van der Waals surface area contributed by atoms with Crippen LogP contribution in [-0.4, -0.2) is 15.0 Å². The van der Waals surface area contributed by atoms with E-state index in [2.05, 4.69) is 56.1 Å². The highest BCUT2D eigenvalue weighted by molar-refractivity contribution is 9.10. The van der Waals surface area contributed by atoms with Crippen molar-refractivity contribution in [3.8, 4) is 0 Å². The largest absolute Gasteiger partial charge is 0.338 e. The normalized spacial score (nSPS) is 20.1. The second-order valence-electron chi connectivity index (χ2n) is 5.72. The van der Waals surface area contributed by atoms with Crippen molar-refractivity contribution in [3.63, 3.8) is 0 Å². The summed E-state index contributed by atoms with van der Waals surface area (Å²) in [6, 6.07) is 6.55. The van der Waals surface area contributed by atoms with Gasteiger partial charge in [-0.05, 0) is 37.0 Å². The summed E-state index contributed by atoms with van der Waals surface area (Å²) in [5.74, 6) is 2.19. The monoisotopic (exact) mass is 333 g/mol. The van der Waals surface area contributed by atoms with Gasteiger partial charge in [0, 0.05) is 23.5 Å². The number of hydrogen-bond donors (Lipinski definition) is 0. The average molecular weight is 334 g/mol. The zero-order chi connectivity index (χ0) is 13.7. The van der Waals surface area contributed by atoms with Gasteiger partial charge in [0.25, 0.3) is 0 Å². The topological polar surface area (TPSA) is 42.2 Å². The van der Waals surface area contributed by atoms with E-state index in [1.54, 1.807) is 0 Å². The van der Waals surface area contributed by atoms with Crippen molar-refractivity contribution in [2.24, 2.45) is 0 Å². The molecule has 5 heteroatoms. The molecule has 1 aromatic heterocycles. The van der Waals surface area contributed by atoms with Crippen molar-refractivity contribution < 1.29 is 4.52 Å². The summed E-state index contributed by atoms with van der Waals surface area (Å²) in [6.07, 6.45) is 2.41. The first-order valence-corrected chi connectivity index (χ1v) is 7.85. The van der Waals surface area contributed by atoms with E-state index in [0.717, 1.165) is 24.8 Å². The molecule has 2 aromatic rings. The van der Waals surface area contributed by atoms with E-state index in [0.29, 0.717) is 5.92 Å². The van der Waals surface area contributed by atoms with E-state index in [4.69, 9.17) is 4.52 Å². The number of rotatable bonds is 3. The number of halogens is 1. The molecule has 0 spiro atoms. The van der Waals surface area contributed by atoms with Crippen LogP contribution in [0.5, 0.6) is 0 Å². The maximum Gasteiger partial charge on any atom is 0.243 e. The Morgan fingerprint density at radius 1 is 1.35 bits per heavy atom. The molecule has 1 atom stereocenters. The number of nitrogens with zero attached hydrogens (tertiary/aromatic N) is 3. The standard InChI is InChI=1S/C15H16BrN3O/c1-9(15-17-14(18-20-15)10-5-6-10)19-7-11-3-2-4-13(16)12(11)8-19/h2-4,9-10H,5-8H2,1H3. The highest BCUT2D eigenvalue weighted by atomic mass is 79.9. The molecule has 1 aliphatic carbocycles. The summed E-state index contributed by atoms with van der Waals surface area (Å²) in [5.41, 5.74) is 2.76. The molecule has 4 nitrogen and oxygen atoms in total. The van der Waals surface area contributed by atoms with Crippen molar-refractivity contribution in [3.05, 3.63) is 45.5 Å². The van der Waals surface area contributed by atoms with E-state index in [1.165, 1.54) is 28.4 Å². The molecule has 2 heterocycles. The first-order chi connectivity index (χ1) is 9.72. The lowest BCUT2D eigenvalue weighted by atomic mass is 10.1.